The van der Waals surface area contributed by atoms with Crippen molar-refractivity contribution in [3.05, 3.63) is 35.5 Å². The lowest BCUT2D eigenvalue weighted by Gasteiger charge is -2.00. The lowest BCUT2D eigenvalue weighted by atomic mass is 10.4. The average Bonchev–Trinajstić information content (AvgIpc) is 1.85. The number of halogens is 1. The van der Waals surface area contributed by atoms with Crippen molar-refractivity contribution in [1.29, 1.82) is 0 Å². The molecule has 0 aromatic carbocycles. The monoisotopic (exact) mass is 202 g/mol. The molecule has 56 valence electrons. The number of hydrogen-bond donors (Lipinski definition) is 2. The molecule has 0 spiro atoms. The Morgan fingerprint density at radius 3 is 2.40 bits per heavy atom. The van der Waals surface area contributed by atoms with Gasteiger partial charge in [0.2, 0.25) is 0 Å². The van der Waals surface area contributed by atoms with Crippen LogP contribution in [0.3, 0.4) is 0 Å². The van der Waals surface area contributed by atoms with Gasteiger partial charge in [0, 0.05) is 17.2 Å². The molecular weight excluding hydrogens is 192 g/mol. The lowest BCUT2D eigenvalue weighted by Crippen LogP contribution is -2.24. The number of hydrogen-bond acceptors (Lipinski definition) is 2. The van der Waals surface area contributed by atoms with Crippen LogP contribution < -0.4 is 10.9 Å². The van der Waals surface area contributed by atoms with Gasteiger partial charge < -0.3 is 5.43 Å². The van der Waals surface area contributed by atoms with Gasteiger partial charge in [0.1, 0.15) is 0 Å². The second kappa shape index (κ2) is 5.26. The molecule has 0 fully saturated rings. The van der Waals surface area contributed by atoms with E-state index in [1.807, 2.05) is 12.2 Å². The van der Waals surface area contributed by atoms with Crippen LogP contribution in [0.25, 0.3) is 0 Å². The van der Waals surface area contributed by atoms with E-state index in [4.69, 9.17) is 0 Å². The van der Waals surface area contributed by atoms with E-state index in [1.165, 1.54) is 0 Å². The highest BCUT2D eigenvalue weighted by Gasteiger charge is 1.81. The molecule has 0 saturated heterocycles. The zero-order chi connectivity index (χ0) is 7.98. The summed E-state index contributed by atoms with van der Waals surface area (Å²) in [5.41, 5.74) is 6.35. The van der Waals surface area contributed by atoms with Crippen LogP contribution in [0.1, 0.15) is 0 Å². The van der Waals surface area contributed by atoms with Crippen molar-refractivity contribution in [2.75, 3.05) is 7.05 Å². The molecule has 0 aliphatic carbocycles. The van der Waals surface area contributed by atoms with Gasteiger partial charge in [0.15, 0.2) is 0 Å². The Morgan fingerprint density at radius 2 is 2.00 bits per heavy atom. The van der Waals surface area contributed by atoms with Crippen LogP contribution in [0.15, 0.2) is 35.5 Å². The molecule has 0 heterocycles. The molecule has 0 aromatic rings. The SMILES string of the molecule is C=C(Br)/C=C\C(=C)NNC. The third kappa shape index (κ3) is 5.59. The van der Waals surface area contributed by atoms with Crippen LogP contribution in [0.4, 0.5) is 0 Å². The first-order chi connectivity index (χ1) is 4.66. The number of rotatable bonds is 4. The zero-order valence-corrected chi connectivity index (χ0v) is 7.53. The Labute approximate surface area is 69.8 Å². The fourth-order valence-electron chi connectivity index (χ4n) is 0.393. The van der Waals surface area contributed by atoms with E-state index >= 15 is 0 Å². The third-order valence-electron chi connectivity index (χ3n) is 0.751. The van der Waals surface area contributed by atoms with E-state index in [-0.39, 0.29) is 0 Å². The number of nitrogens with one attached hydrogen (secondary N) is 2. The number of allylic oxidation sites excluding steroid dienone is 3. The molecule has 0 aromatic heterocycles. The molecule has 0 aliphatic heterocycles. The molecule has 0 atom stereocenters. The second-order valence-electron chi connectivity index (χ2n) is 1.68. The maximum Gasteiger partial charge on any atom is 0.0416 e. The van der Waals surface area contributed by atoms with E-state index in [1.54, 1.807) is 7.05 Å². The quantitative estimate of drug-likeness (QED) is 0.536. The van der Waals surface area contributed by atoms with E-state index in [2.05, 4.69) is 39.9 Å². The second-order valence-corrected chi connectivity index (χ2v) is 2.70. The maximum absolute atomic E-state index is 3.69. The van der Waals surface area contributed by atoms with Gasteiger partial charge in [-0.15, -0.1) is 0 Å². The van der Waals surface area contributed by atoms with E-state index in [9.17, 15) is 0 Å². The molecule has 0 unspecified atom stereocenters. The Morgan fingerprint density at radius 1 is 1.40 bits per heavy atom. The third-order valence-corrected chi connectivity index (χ3v) is 1.02. The van der Waals surface area contributed by atoms with Crippen molar-refractivity contribution in [3.8, 4) is 0 Å². The molecule has 0 amide bonds. The first kappa shape index (κ1) is 9.46. The van der Waals surface area contributed by atoms with Crippen molar-refractivity contribution >= 4 is 15.9 Å². The van der Waals surface area contributed by atoms with Crippen LogP contribution in [-0.4, -0.2) is 7.05 Å². The van der Waals surface area contributed by atoms with Gasteiger partial charge in [-0.1, -0.05) is 29.1 Å². The summed E-state index contributed by atoms with van der Waals surface area (Å²) >= 11 is 3.18. The smallest absolute Gasteiger partial charge is 0.0416 e. The van der Waals surface area contributed by atoms with Crippen LogP contribution in [-0.2, 0) is 0 Å². The Hall–Kier alpha value is -0.540. The minimum atomic E-state index is 0.795. The van der Waals surface area contributed by atoms with E-state index in [0.717, 1.165) is 10.2 Å². The summed E-state index contributed by atoms with van der Waals surface area (Å²) in [5, 5.41) is 0. The van der Waals surface area contributed by atoms with Gasteiger partial charge in [-0.25, -0.2) is 5.43 Å². The van der Waals surface area contributed by atoms with Crippen LogP contribution >= 0.6 is 15.9 Å². The highest BCUT2D eigenvalue weighted by atomic mass is 79.9. The van der Waals surface area contributed by atoms with Gasteiger partial charge in [0.25, 0.3) is 0 Å². The Kier molecular flexibility index (Phi) is 4.98. The van der Waals surface area contributed by atoms with Crippen LogP contribution in [0, 0.1) is 0 Å². The predicted molar refractivity (Wildman–Crippen MR) is 48.5 cm³/mol. The van der Waals surface area contributed by atoms with Gasteiger partial charge in [0.05, 0.1) is 0 Å². The molecule has 2 nitrogen and oxygen atoms in total. The topological polar surface area (TPSA) is 24.1 Å². The minimum absolute atomic E-state index is 0.795. The normalized spacial score (nSPS) is 9.80. The highest BCUT2D eigenvalue weighted by molar-refractivity contribution is 9.11. The van der Waals surface area contributed by atoms with Crippen LogP contribution in [0.2, 0.25) is 0 Å². The molecule has 0 bridgehead atoms. The molecule has 3 heteroatoms. The van der Waals surface area contributed by atoms with Crippen molar-refractivity contribution < 1.29 is 0 Å². The van der Waals surface area contributed by atoms with Crippen molar-refractivity contribution in [3.63, 3.8) is 0 Å². The average molecular weight is 203 g/mol. The Balaban J connectivity index is 3.67. The summed E-state index contributed by atoms with van der Waals surface area (Å²) in [6, 6.07) is 0. The number of hydrazine groups is 1. The summed E-state index contributed by atoms with van der Waals surface area (Å²) in [7, 11) is 1.78. The van der Waals surface area contributed by atoms with E-state index < -0.39 is 0 Å². The highest BCUT2D eigenvalue weighted by Crippen LogP contribution is 2.02. The molecular formula is C7H11BrN2. The lowest BCUT2D eigenvalue weighted by molar-refractivity contribution is 0.706. The fraction of sp³-hybridized carbons (Fsp3) is 0.143. The molecule has 0 rings (SSSR count). The first-order valence-electron chi connectivity index (χ1n) is 2.81. The standard InChI is InChI=1S/C7H11BrN2/c1-6(8)4-5-7(2)10-9-3/h4-5,9-10H,1-2H2,3H3/b5-4-. The van der Waals surface area contributed by atoms with Crippen molar-refractivity contribution in [2.45, 2.75) is 0 Å². The maximum atomic E-state index is 3.69. The summed E-state index contributed by atoms with van der Waals surface area (Å²) in [6.07, 6.45) is 3.63. The fourth-order valence-corrected chi connectivity index (χ4v) is 0.525. The van der Waals surface area contributed by atoms with Gasteiger partial charge in [-0.2, -0.15) is 0 Å². The molecule has 10 heavy (non-hydrogen) atoms. The molecule has 2 N–H and O–H groups in total. The first-order valence-corrected chi connectivity index (χ1v) is 3.60. The van der Waals surface area contributed by atoms with Gasteiger partial charge in [-0.3, -0.25) is 0 Å². The Bertz CT molecular complexity index is 161. The summed E-state index contributed by atoms with van der Waals surface area (Å²) in [5.74, 6) is 0. The van der Waals surface area contributed by atoms with Crippen molar-refractivity contribution in [1.82, 2.24) is 10.9 Å². The van der Waals surface area contributed by atoms with E-state index in [0.29, 0.717) is 0 Å². The largest absolute Gasteiger partial charge is 0.322 e. The summed E-state index contributed by atoms with van der Waals surface area (Å²) in [4.78, 5) is 0. The molecule has 0 saturated carbocycles. The molecule has 0 aliphatic rings. The summed E-state index contributed by atoms with van der Waals surface area (Å²) in [6.45, 7) is 7.32. The minimum Gasteiger partial charge on any atom is -0.322 e. The van der Waals surface area contributed by atoms with Gasteiger partial charge >= 0.3 is 0 Å². The zero-order valence-electron chi connectivity index (χ0n) is 5.95. The van der Waals surface area contributed by atoms with Crippen LogP contribution in [0.5, 0.6) is 0 Å². The van der Waals surface area contributed by atoms with Gasteiger partial charge in [-0.05, 0) is 12.2 Å². The molecule has 0 radical (unpaired) electrons. The van der Waals surface area contributed by atoms with Crippen molar-refractivity contribution in [2.24, 2.45) is 0 Å². The summed E-state index contributed by atoms with van der Waals surface area (Å²) < 4.78 is 0.826. The predicted octanol–water partition coefficient (Wildman–Crippen LogP) is 1.69.